The van der Waals surface area contributed by atoms with Crippen LogP contribution in [0.1, 0.15) is 34.1 Å². The van der Waals surface area contributed by atoms with Gasteiger partial charge in [-0.25, -0.2) is 9.98 Å². The van der Waals surface area contributed by atoms with Gasteiger partial charge in [-0.3, -0.25) is 4.79 Å². The highest BCUT2D eigenvalue weighted by Gasteiger charge is 2.07. The predicted octanol–water partition coefficient (Wildman–Crippen LogP) is 3.50. The number of rotatable bonds is 8. The average Bonchev–Trinajstić information content (AvgIpc) is 3.13. The minimum atomic E-state index is -0.202. The summed E-state index contributed by atoms with van der Waals surface area (Å²) in [5.41, 5.74) is 0.473. The van der Waals surface area contributed by atoms with Gasteiger partial charge in [0.1, 0.15) is 5.01 Å². The Bertz CT molecular complexity index is 794. The Morgan fingerprint density at radius 3 is 2.59 bits per heavy atom. The zero-order chi connectivity index (χ0) is 19.6. The summed E-state index contributed by atoms with van der Waals surface area (Å²) in [5.74, 6) is 0.488. The maximum atomic E-state index is 12.1. The fourth-order valence-corrected chi connectivity index (χ4v) is 3.25. The van der Waals surface area contributed by atoms with Crippen molar-refractivity contribution in [2.24, 2.45) is 4.99 Å². The van der Waals surface area contributed by atoms with Gasteiger partial charge in [0.2, 0.25) is 0 Å². The molecule has 0 aliphatic heterocycles. The summed E-state index contributed by atoms with van der Waals surface area (Å²) < 4.78 is 0. The lowest BCUT2D eigenvalue weighted by Crippen LogP contribution is -2.41. The van der Waals surface area contributed by atoms with Gasteiger partial charge in [0, 0.05) is 36.3 Å². The van der Waals surface area contributed by atoms with Crippen molar-refractivity contribution in [3.63, 3.8) is 0 Å². The number of aryl methyl sites for hydroxylation is 1. The van der Waals surface area contributed by atoms with Crippen molar-refractivity contribution < 1.29 is 4.79 Å². The third-order valence-corrected chi connectivity index (χ3v) is 5.42. The van der Waals surface area contributed by atoms with Gasteiger partial charge in [-0.1, -0.05) is 30.1 Å². The molecule has 1 aromatic heterocycles. The summed E-state index contributed by atoms with van der Waals surface area (Å²) >= 11 is 13.5. The van der Waals surface area contributed by atoms with Crippen molar-refractivity contribution in [3.8, 4) is 0 Å². The van der Waals surface area contributed by atoms with E-state index >= 15 is 0 Å². The molecule has 0 saturated heterocycles. The van der Waals surface area contributed by atoms with E-state index in [4.69, 9.17) is 23.2 Å². The van der Waals surface area contributed by atoms with E-state index in [1.54, 1.807) is 29.5 Å². The van der Waals surface area contributed by atoms with Crippen LogP contribution in [0.15, 0.2) is 29.4 Å². The molecule has 146 valence electrons. The maximum Gasteiger partial charge on any atom is 0.251 e. The van der Waals surface area contributed by atoms with Crippen molar-refractivity contribution in [1.82, 2.24) is 20.9 Å². The number of aliphatic imine (C=N–C) groups is 1. The Morgan fingerprint density at radius 2 is 1.93 bits per heavy atom. The number of halogens is 2. The zero-order valence-electron chi connectivity index (χ0n) is 15.3. The summed E-state index contributed by atoms with van der Waals surface area (Å²) in [6, 6.07) is 4.80. The van der Waals surface area contributed by atoms with Crippen molar-refractivity contribution in [3.05, 3.63) is 49.9 Å². The monoisotopic (exact) mass is 427 g/mol. The molecule has 0 aliphatic carbocycles. The van der Waals surface area contributed by atoms with Gasteiger partial charge < -0.3 is 16.0 Å². The molecule has 0 unspecified atom stereocenters. The molecular formula is C18H23Cl2N5OS. The number of nitrogens with zero attached hydrogens (tertiary/aromatic N) is 2. The summed E-state index contributed by atoms with van der Waals surface area (Å²) in [6.07, 6.45) is 2.88. The quantitative estimate of drug-likeness (QED) is 0.342. The molecule has 0 fully saturated rings. The Morgan fingerprint density at radius 1 is 1.15 bits per heavy atom. The minimum Gasteiger partial charge on any atom is -0.357 e. The molecule has 27 heavy (non-hydrogen) atoms. The number of nitrogens with one attached hydrogen (secondary N) is 3. The van der Waals surface area contributed by atoms with Gasteiger partial charge in [-0.2, -0.15) is 0 Å². The van der Waals surface area contributed by atoms with E-state index in [0.717, 1.165) is 18.0 Å². The molecule has 1 amide bonds. The van der Waals surface area contributed by atoms with Crippen LogP contribution in [0.3, 0.4) is 0 Å². The summed E-state index contributed by atoms with van der Waals surface area (Å²) in [4.78, 5) is 22.3. The summed E-state index contributed by atoms with van der Waals surface area (Å²) in [7, 11) is 0. The molecule has 0 aliphatic rings. The van der Waals surface area contributed by atoms with E-state index in [9.17, 15) is 4.79 Å². The van der Waals surface area contributed by atoms with Gasteiger partial charge in [0.05, 0.1) is 16.6 Å². The Balaban J connectivity index is 1.80. The van der Waals surface area contributed by atoms with E-state index in [-0.39, 0.29) is 5.91 Å². The highest BCUT2D eigenvalue weighted by Crippen LogP contribution is 2.22. The van der Waals surface area contributed by atoms with E-state index in [0.29, 0.717) is 41.2 Å². The zero-order valence-corrected chi connectivity index (χ0v) is 17.6. The third kappa shape index (κ3) is 7.01. The average molecular weight is 428 g/mol. The summed E-state index contributed by atoms with van der Waals surface area (Å²) in [5, 5.41) is 11.0. The van der Waals surface area contributed by atoms with E-state index in [1.165, 1.54) is 4.88 Å². The van der Waals surface area contributed by atoms with Crippen LogP contribution in [0, 0.1) is 0 Å². The molecule has 6 nitrogen and oxygen atoms in total. The van der Waals surface area contributed by atoms with Crippen LogP contribution < -0.4 is 16.0 Å². The summed E-state index contributed by atoms with van der Waals surface area (Å²) in [6.45, 7) is 6.37. The van der Waals surface area contributed by atoms with Crippen molar-refractivity contribution in [1.29, 1.82) is 0 Å². The molecule has 3 N–H and O–H groups in total. The molecule has 2 aromatic rings. The first-order chi connectivity index (χ1) is 13.0. The molecular weight excluding hydrogens is 405 g/mol. The maximum absolute atomic E-state index is 12.1. The van der Waals surface area contributed by atoms with Gasteiger partial charge in [0.25, 0.3) is 5.91 Å². The number of carbonyl (C=O) groups excluding carboxylic acids is 1. The molecule has 0 spiro atoms. The van der Waals surface area contributed by atoms with E-state index in [1.807, 2.05) is 13.1 Å². The fourth-order valence-electron chi connectivity index (χ4n) is 2.17. The number of hydrogen-bond donors (Lipinski definition) is 3. The molecule has 1 aromatic carbocycles. The number of hydrogen-bond acceptors (Lipinski definition) is 4. The van der Waals surface area contributed by atoms with Crippen molar-refractivity contribution in [2.45, 2.75) is 26.8 Å². The van der Waals surface area contributed by atoms with Gasteiger partial charge in [0.15, 0.2) is 5.96 Å². The highest BCUT2D eigenvalue weighted by molar-refractivity contribution is 7.11. The second kappa shape index (κ2) is 11.1. The molecule has 1 heterocycles. The largest absolute Gasteiger partial charge is 0.357 e. The number of aromatic nitrogens is 1. The van der Waals surface area contributed by atoms with Crippen LogP contribution in [-0.4, -0.2) is 36.5 Å². The molecule has 0 saturated carbocycles. The first kappa shape index (κ1) is 21.5. The number of thiazole rings is 1. The van der Waals surface area contributed by atoms with E-state index in [2.05, 4.69) is 32.9 Å². The lowest BCUT2D eigenvalue weighted by molar-refractivity contribution is 0.0954. The Labute approximate surface area is 173 Å². The molecule has 9 heteroatoms. The van der Waals surface area contributed by atoms with Crippen molar-refractivity contribution in [2.75, 3.05) is 19.6 Å². The molecule has 2 rings (SSSR count). The van der Waals surface area contributed by atoms with Crippen LogP contribution in [0.4, 0.5) is 0 Å². The van der Waals surface area contributed by atoms with Gasteiger partial charge in [-0.05, 0) is 31.5 Å². The number of carbonyl (C=O) groups is 1. The second-order valence-corrected chi connectivity index (χ2v) is 7.59. The lowest BCUT2D eigenvalue weighted by atomic mass is 10.2. The number of amides is 1. The molecule has 0 bridgehead atoms. The van der Waals surface area contributed by atoms with Gasteiger partial charge in [-0.15, -0.1) is 11.3 Å². The standard InChI is InChI=1S/C18H23Cl2N5OS/c1-3-13-10-24-16(27-13)11-25-18(21-4-2)23-8-7-22-17(26)12-5-6-14(19)15(20)9-12/h5-6,9-10H,3-4,7-8,11H2,1-2H3,(H,22,26)(H2,21,23,25). The van der Waals surface area contributed by atoms with Crippen molar-refractivity contribution >= 4 is 46.4 Å². The van der Waals surface area contributed by atoms with Crippen LogP contribution in [0.5, 0.6) is 0 Å². The van der Waals surface area contributed by atoms with Gasteiger partial charge >= 0.3 is 0 Å². The number of guanidine groups is 1. The second-order valence-electron chi connectivity index (χ2n) is 5.58. The minimum absolute atomic E-state index is 0.202. The van der Waals surface area contributed by atoms with Crippen LogP contribution >= 0.6 is 34.5 Å². The first-order valence-corrected chi connectivity index (χ1v) is 10.3. The first-order valence-electron chi connectivity index (χ1n) is 8.72. The fraction of sp³-hybridized carbons (Fsp3) is 0.389. The SMILES string of the molecule is CCNC(=NCc1ncc(CC)s1)NCCNC(=O)c1ccc(Cl)c(Cl)c1. The van der Waals surface area contributed by atoms with E-state index < -0.39 is 0 Å². The Hall–Kier alpha value is -1.83. The van der Waals surface area contributed by atoms with Crippen LogP contribution in [0.2, 0.25) is 10.0 Å². The molecule has 0 atom stereocenters. The van der Waals surface area contributed by atoms with Crippen LogP contribution in [0.25, 0.3) is 0 Å². The third-order valence-electron chi connectivity index (χ3n) is 3.55. The lowest BCUT2D eigenvalue weighted by Gasteiger charge is -2.11. The number of benzene rings is 1. The smallest absolute Gasteiger partial charge is 0.251 e. The topological polar surface area (TPSA) is 78.4 Å². The Kier molecular flexibility index (Phi) is 8.84. The normalized spacial score (nSPS) is 11.3. The highest BCUT2D eigenvalue weighted by atomic mass is 35.5. The molecule has 0 radical (unpaired) electrons. The van der Waals surface area contributed by atoms with Crippen LogP contribution in [-0.2, 0) is 13.0 Å². The predicted molar refractivity (Wildman–Crippen MR) is 113 cm³/mol.